The van der Waals surface area contributed by atoms with Crippen molar-refractivity contribution >= 4 is 5.97 Å². The third-order valence-corrected chi connectivity index (χ3v) is 1.70. The molecule has 0 rings (SSSR count). The molecule has 0 aliphatic heterocycles. The Morgan fingerprint density at radius 1 is 1.60 bits per heavy atom. The first-order valence-electron chi connectivity index (χ1n) is 3.18. The minimum Gasteiger partial charge on any atom is -0.544 e. The number of carbonyl (C=O) groups excluding carboxylic acids is 1. The van der Waals surface area contributed by atoms with E-state index in [9.17, 15) is 9.90 Å². The SMILES string of the molecule is C[C@H]([C@@H](C)O)[C@@H]([NH3+])C(=O)[O-]. The van der Waals surface area contributed by atoms with Gasteiger partial charge >= 0.3 is 0 Å². The first-order chi connectivity index (χ1) is 4.46. The molecular weight excluding hydrogens is 134 g/mol. The lowest BCUT2D eigenvalue weighted by atomic mass is 9.98. The lowest BCUT2D eigenvalue weighted by Crippen LogP contribution is -2.72. The van der Waals surface area contributed by atoms with Crippen LogP contribution in [0.1, 0.15) is 13.8 Å². The van der Waals surface area contributed by atoms with Crippen molar-refractivity contribution in [3.63, 3.8) is 0 Å². The first kappa shape index (κ1) is 9.39. The van der Waals surface area contributed by atoms with Crippen LogP contribution in [0.15, 0.2) is 0 Å². The van der Waals surface area contributed by atoms with Gasteiger partial charge in [0.1, 0.15) is 6.04 Å². The number of aliphatic hydroxyl groups is 1. The number of carboxylic acid groups (broad SMARTS) is 1. The van der Waals surface area contributed by atoms with Crippen LogP contribution >= 0.6 is 0 Å². The zero-order valence-electron chi connectivity index (χ0n) is 6.20. The Kier molecular flexibility index (Phi) is 3.32. The van der Waals surface area contributed by atoms with Gasteiger partial charge in [-0.2, -0.15) is 0 Å². The van der Waals surface area contributed by atoms with Crippen molar-refractivity contribution in [2.75, 3.05) is 0 Å². The normalized spacial score (nSPS) is 19.6. The van der Waals surface area contributed by atoms with Gasteiger partial charge in [-0.1, -0.05) is 6.92 Å². The molecule has 4 N–H and O–H groups in total. The van der Waals surface area contributed by atoms with Gasteiger partial charge in [-0.15, -0.1) is 0 Å². The summed E-state index contributed by atoms with van der Waals surface area (Å²) in [7, 11) is 0. The van der Waals surface area contributed by atoms with Crippen LogP contribution in [0, 0.1) is 5.92 Å². The van der Waals surface area contributed by atoms with Crippen molar-refractivity contribution in [2.24, 2.45) is 5.92 Å². The number of aliphatic hydroxyl groups excluding tert-OH is 1. The van der Waals surface area contributed by atoms with Crippen LogP contribution in [0.25, 0.3) is 0 Å². The summed E-state index contributed by atoms with van der Waals surface area (Å²) in [4.78, 5) is 10.2. The van der Waals surface area contributed by atoms with Gasteiger partial charge in [0.2, 0.25) is 0 Å². The monoisotopic (exact) mass is 147 g/mol. The second-order valence-corrected chi connectivity index (χ2v) is 2.53. The van der Waals surface area contributed by atoms with Crippen molar-refractivity contribution in [3.8, 4) is 0 Å². The third-order valence-electron chi connectivity index (χ3n) is 1.70. The fraction of sp³-hybridized carbons (Fsp3) is 0.833. The van der Waals surface area contributed by atoms with Crippen molar-refractivity contribution < 1.29 is 20.7 Å². The highest BCUT2D eigenvalue weighted by Gasteiger charge is 2.21. The van der Waals surface area contributed by atoms with Gasteiger partial charge in [0, 0.05) is 5.92 Å². The molecule has 0 aliphatic carbocycles. The van der Waals surface area contributed by atoms with Crippen LogP contribution in [-0.2, 0) is 4.79 Å². The number of carboxylic acids is 1. The number of aliphatic carboxylic acids is 1. The third kappa shape index (κ3) is 2.33. The van der Waals surface area contributed by atoms with E-state index in [1.807, 2.05) is 0 Å². The average Bonchev–Trinajstić information content (AvgIpc) is 1.84. The van der Waals surface area contributed by atoms with E-state index in [0.717, 1.165) is 0 Å². The maximum absolute atomic E-state index is 10.2. The molecule has 4 heteroatoms. The molecule has 0 bridgehead atoms. The average molecular weight is 147 g/mol. The van der Waals surface area contributed by atoms with Gasteiger partial charge in [0.15, 0.2) is 0 Å². The van der Waals surface area contributed by atoms with E-state index in [4.69, 9.17) is 5.11 Å². The second-order valence-electron chi connectivity index (χ2n) is 2.53. The summed E-state index contributed by atoms with van der Waals surface area (Å²) in [6.07, 6.45) is -0.652. The summed E-state index contributed by atoms with van der Waals surface area (Å²) >= 11 is 0. The summed E-state index contributed by atoms with van der Waals surface area (Å²) in [5.41, 5.74) is 3.34. The fourth-order valence-electron chi connectivity index (χ4n) is 0.551. The van der Waals surface area contributed by atoms with E-state index < -0.39 is 18.1 Å². The van der Waals surface area contributed by atoms with Crippen LogP contribution in [-0.4, -0.2) is 23.2 Å². The number of rotatable bonds is 3. The van der Waals surface area contributed by atoms with Gasteiger partial charge in [-0.05, 0) is 6.92 Å². The molecule has 0 aromatic carbocycles. The lowest BCUT2D eigenvalue weighted by molar-refractivity contribution is -0.450. The first-order valence-corrected chi connectivity index (χ1v) is 3.18. The summed E-state index contributed by atoms with van der Waals surface area (Å²) in [6, 6.07) is -0.833. The topological polar surface area (TPSA) is 88.0 Å². The molecule has 0 heterocycles. The molecule has 0 aliphatic rings. The van der Waals surface area contributed by atoms with Crippen molar-refractivity contribution in [1.82, 2.24) is 0 Å². The van der Waals surface area contributed by atoms with Gasteiger partial charge in [0.25, 0.3) is 0 Å². The molecule has 3 atom stereocenters. The number of hydrogen-bond acceptors (Lipinski definition) is 3. The molecule has 10 heavy (non-hydrogen) atoms. The van der Waals surface area contributed by atoms with Crippen LogP contribution in [0.5, 0.6) is 0 Å². The van der Waals surface area contributed by atoms with Crippen molar-refractivity contribution in [1.29, 1.82) is 0 Å². The van der Waals surface area contributed by atoms with Gasteiger partial charge in [-0.3, -0.25) is 0 Å². The van der Waals surface area contributed by atoms with Gasteiger partial charge in [0.05, 0.1) is 12.1 Å². The molecule has 0 spiro atoms. The molecule has 60 valence electrons. The predicted octanol–water partition coefficient (Wildman–Crippen LogP) is -2.64. The molecule has 0 aromatic rings. The number of carbonyl (C=O) groups is 1. The largest absolute Gasteiger partial charge is 0.544 e. The molecule has 0 amide bonds. The van der Waals surface area contributed by atoms with Gasteiger partial charge in [-0.25, -0.2) is 0 Å². The predicted molar refractivity (Wildman–Crippen MR) is 32.5 cm³/mol. The smallest absolute Gasteiger partial charge is 0.130 e. The molecule has 0 radical (unpaired) electrons. The molecule has 0 fully saturated rings. The molecule has 0 saturated carbocycles. The van der Waals surface area contributed by atoms with Crippen LogP contribution in [0.4, 0.5) is 0 Å². The Balaban J connectivity index is 3.94. The molecular formula is C6H13NO3. The Morgan fingerprint density at radius 2 is 2.00 bits per heavy atom. The summed E-state index contributed by atoms with van der Waals surface area (Å²) in [5, 5.41) is 19.1. The fourth-order valence-corrected chi connectivity index (χ4v) is 0.551. The summed E-state index contributed by atoms with van der Waals surface area (Å²) < 4.78 is 0. The molecule has 0 unspecified atom stereocenters. The summed E-state index contributed by atoms with van der Waals surface area (Å²) in [5.74, 6) is -1.57. The van der Waals surface area contributed by atoms with Crippen molar-refractivity contribution in [2.45, 2.75) is 26.0 Å². The minimum atomic E-state index is -1.21. The summed E-state index contributed by atoms with van der Waals surface area (Å²) in [6.45, 7) is 3.16. The zero-order chi connectivity index (χ0) is 8.31. The zero-order valence-corrected chi connectivity index (χ0v) is 6.20. The van der Waals surface area contributed by atoms with E-state index in [-0.39, 0.29) is 5.92 Å². The molecule has 0 aromatic heterocycles. The van der Waals surface area contributed by atoms with E-state index in [0.29, 0.717) is 0 Å². The van der Waals surface area contributed by atoms with Crippen molar-refractivity contribution in [3.05, 3.63) is 0 Å². The Labute approximate surface area is 59.7 Å². The van der Waals surface area contributed by atoms with Gasteiger partial charge < -0.3 is 20.7 Å². The minimum absolute atomic E-state index is 0.356. The Hall–Kier alpha value is -0.610. The quantitative estimate of drug-likeness (QED) is 0.457. The highest BCUT2D eigenvalue weighted by Crippen LogP contribution is 2.03. The van der Waals surface area contributed by atoms with Crippen LogP contribution in [0.3, 0.4) is 0 Å². The van der Waals surface area contributed by atoms with Crippen LogP contribution < -0.4 is 10.8 Å². The highest BCUT2D eigenvalue weighted by atomic mass is 16.4. The Bertz CT molecular complexity index is 124. The Morgan fingerprint density at radius 3 is 2.10 bits per heavy atom. The standard InChI is InChI=1S/C6H13NO3/c1-3(4(2)8)5(7)6(9)10/h3-5,8H,7H2,1-2H3,(H,9,10)/t3-,4-,5-/m1/s1. The number of quaternary nitrogens is 1. The lowest BCUT2D eigenvalue weighted by Gasteiger charge is -2.19. The van der Waals surface area contributed by atoms with E-state index >= 15 is 0 Å². The number of hydrogen-bond donors (Lipinski definition) is 2. The molecule has 4 nitrogen and oxygen atoms in total. The van der Waals surface area contributed by atoms with E-state index in [2.05, 4.69) is 5.73 Å². The van der Waals surface area contributed by atoms with E-state index in [1.165, 1.54) is 6.92 Å². The second kappa shape index (κ2) is 3.53. The molecule has 0 saturated heterocycles. The highest BCUT2D eigenvalue weighted by molar-refractivity contribution is 5.69. The maximum atomic E-state index is 10.2. The maximum Gasteiger partial charge on any atom is 0.130 e. The van der Waals surface area contributed by atoms with Crippen LogP contribution in [0.2, 0.25) is 0 Å². The van der Waals surface area contributed by atoms with E-state index in [1.54, 1.807) is 6.92 Å².